The summed E-state index contributed by atoms with van der Waals surface area (Å²) in [4.78, 5) is 2.21. The third kappa shape index (κ3) is 2.41. The summed E-state index contributed by atoms with van der Waals surface area (Å²) >= 11 is 5.90. The number of halogens is 1. The second kappa shape index (κ2) is 4.49. The van der Waals surface area contributed by atoms with Crippen LogP contribution in [0, 0.1) is 0 Å². The first-order valence-electron chi connectivity index (χ1n) is 6.13. The Morgan fingerprint density at radius 3 is 2.44 bits per heavy atom. The maximum atomic E-state index is 10.6. The average Bonchev–Trinajstić information content (AvgIpc) is 2.23. The van der Waals surface area contributed by atoms with E-state index in [1.807, 2.05) is 6.07 Å². The van der Waals surface area contributed by atoms with Gasteiger partial charge in [0, 0.05) is 23.7 Å². The van der Waals surface area contributed by atoms with Crippen molar-refractivity contribution in [3.63, 3.8) is 0 Å². The van der Waals surface area contributed by atoms with E-state index in [2.05, 4.69) is 25.7 Å². The van der Waals surface area contributed by atoms with Gasteiger partial charge in [0.1, 0.15) is 5.60 Å². The summed E-state index contributed by atoms with van der Waals surface area (Å²) in [7, 11) is 0. The van der Waals surface area contributed by atoms with Crippen LogP contribution < -0.4 is 0 Å². The summed E-state index contributed by atoms with van der Waals surface area (Å²) in [6, 6.07) is 5.29. The Kier molecular flexibility index (Phi) is 3.45. The highest BCUT2D eigenvalue weighted by atomic mass is 35.5. The first-order valence-corrected chi connectivity index (χ1v) is 6.51. The molecular weight excluding hydrogens is 250 g/mol. The summed E-state index contributed by atoms with van der Waals surface area (Å²) in [5.74, 6) is 0. The number of nitrogens with zero attached hydrogens (tertiary/aromatic N) is 1. The molecule has 1 aliphatic heterocycles. The van der Waals surface area contributed by atoms with Crippen LogP contribution in [-0.2, 0) is 12.2 Å². The lowest BCUT2D eigenvalue weighted by Gasteiger charge is -2.53. The van der Waals surface area contributed by atoms with Crippen LogP contribution in [0.2, 0.25) is 5.02 Å². The first kappa shape index (κ1) is 13.8. The molecule has 1 saturated heterocycles. The predicted molar refractivity (Wildman–Crippen MR) is 72.6 cm³/mol. The summed E-state index contributed by atoms with van der Waals surface area (Å²) in [5.41, 5.74) is 0.682. The van der Waals surface area contributed by atoms with Gasteiger partial charge in [-0.05, 0) is 44.0 Å². The second-order valence-electron chi connectivity index (χ2n) is 6.02. The highest BCUT2D eigenvalue weighted by Gasteiger charge is 2.47. The lowest BCUT2D eigenvalue weighted by atomic mass is 9.80. The molecule has 100 valence electrons. The van der Waals surface area contributed by atoms with Crippen molar-refractivity contribution in [2.45, 2.75) is 38.5 Å². The molecule has 1 aromatic rings. The quantitative estimate of drug-likeness (QED) is 0.865. The van der Waals surface area contributed by atoms with Gasteiger partial charge in [-0.3, -0.25) is 4.90 Å². The van der Waals surface area contributed by atoms with Crippen molar-refractivity contribution in [3.05, 3.63) is 34.3 Å². The summed E-state index contributed by atoms with van der Waals surface area (Å²) in [6.07, 6.45) is 0. The van der Waals surface area contributed by atoms with E-state index in [0.717, 1.165) is 5.56 Å². The van der Waals surface area contributed by atoms with Crippen LogP contribution in [0.15, 0.2) is 18.2 Å². The number of aliphatic hydroxyl groups excluding tert-OH is 1. The molecule has 0 radical (unpaired) electrons. The van der Waals surface area contributed by atoms with E-state index in [-0.39, 0.29) is 12.1 Å². The minimum Gasteiger partial charge on any atom is -0.392 e. The molecule has 1 aliphatic rings. The van der Waals surface area contributed by atoms with E-state index in [1.54, 1.807) is 12.1 Å². The number of β-amino-alcohol motifs (C(OH)–C–C–N with tert-alkyl or cyclic N) is 1. The molecule has 0 aliphatic carbocycles. The van der Waals surface area contributed by atoms with Gasteiger partial charge in [-0.2, -0.15) is 0 Å². The van der Waals surface area contributed by atoms with Crippen LogP contribution in [0.3, 0.4) is 0 Å². The third-order valence-corrected chi connectivity index (χ3v) is 3.83. The molecule has 0 unspecified atom stereocenters. The number of hydrogen-bond acceptors (Lipinski definition) is 3. The van der Waals surface area contributed by atoms with Crippen molar-refractivity contribution >= 4 is 11.6 Å². The fraction of sp³-hybridized carbons (Fsp3) is 0.571. The zero-order chi connectivity index (χ0) is 13.6. The standard InChI is InChI=1S/C14H20ClNO2/c1-13(2,3)16-8-14(18,9-16)12-5-4-11(15)6-10(12)7-17/h4-6,17-18H,7-9H2,1-3H3. The highest BCUT2D eigenvalue weighted by Crippen LogP contribution is 2.38. The zero-order valence-electron chi connectivity index (χ0n) is 11.1. The normalized spacial score (nSPS) is 19.7. The Balaban J connectivity index is 2.24. The van der Waals surface area contributed by atoms with E-state index < -0.39 is 5.60 Å². The minimum absolute atomic E-state index is 0.0536. The van der Waals surface area contributed by atoms with Gasteiger partial charge in [-0.1, -0.05) is 17.7 Å². The van der Waals surface area contributed by atoms with E-state index in [1.165, 1.54) is 0 Å². The molecule has 0 aromatic heterocycles. The van der Waals surface area contributed by atoms with Gasteiger partial charge >= 0.3 is 0 Å². The molecule has 1 heterocycles. The molecule has 2 N–H and O–H groups in total. The number of benzene rings is 1. The SMILES string of the molecule is CC(C)(C)N1CC(O)(c2ccc(Cl)cc2CO)C1. The molecule has 2 rings (SSSR count). The maximum absolute atomic E-state index is 10.6. The van der Waals surface area contributed by atoms with Crippen molar-refractivity contribution in [3.8, 4) is 0 Å². The largest absolute Gasteiger partial charge is 0.392 e. The van der Waals surface area contributed by atoms with E-state index in [4.69, 9.17) is 11.6 Å². The lowest BCUT2D eigenvalue weighted by Crippen LogP contribution is -2.65. The molecule has 0 bridgehead atoms. The summed E-state index contributed by atoms with van der Waals surface area (Å²) in [5, 5.41) is 20.6. The van der Waals surface area contributed by atoms with Gasteiger partial charge in [0.05, 0.1) is 6.61 Å². The first-order chi connectivity index (χ1) is 8.26. The molecule has 1 aromatic carbocycles. The molecule has 18 heavy (non-hydrogen) atoms. The summed E-state index contributed by atoms with van der Waals surface area (Å²) < 4.78 is 0. The number of aliphatic hydroxyl groups is 2. The van der Waals surface area contributed by atoms with E-state index >= 15 is 0 Å². The Hall–Kier alpha value is -0.610. The minimum atomic E-state index is -0.865. The Labute approximate surface area is 113 Å². The van der Waals surface area contributed by atoms with Gasteiger partial charge in [0.25, 0.3) is 0 Å². The molecule has 0 atom stereocenters. The van der Waals surface area contributed by atoms with Gasteiger partial charge in [0.2, 0.25) is 0 Å². The zero-order valence-corrected chi connectivity index (χ0v) is 11.8. The van der Waals surface area contributed by atoms with Gasteiger partial charge < -0.3 is 10.2 Å². The molecule has 1 fully saturated rings. The fourth-order valence-corrected chi connectivity index (χ4v) is 2.57. The molecule has 0 amide bonds. The van der Waals surface area contributed by atoms with Crippen LogP contribution in [0.25, 0.3) is 0 Å². The van der Waals surface area contributed by atoms with Crippen molar-refractivity contribution in [2.24, 2.45) is 0 Å². The van der Waals surface area contributed by atoms with Crippen molar-refractivity contribution in [1.82, 2.24) is 4.90 Å². The third-order valence-electron chi connectivity index (χ3n) is 3.59. The fourth-order valence-electron chi connectivity index (χ4n) is 2.38. The Morgan fingerprint density at radius 1 is 1.33 bits per heavy atom. The molecular formula is C14H20ClNO2. The van der Waals surface area contributed by atoms with Crippen LogP contribution in [0.4, 0.5) is 0 Å². The monoisotopic (exact) mass is 269 g/mol. The van der Waals surface area contributed by atoms with Gasteiger partial charge in [-0.15, -0.1) is 0 Å². The van der Waals surface area contributed by atoms with Gasteiger partial charge in [0.15, 0.2) is 0 Å². The molecule has 0 saturated carbocycles. The van der Waals surface area contributed by atoms with Crippen molar-refractivity contribution in [2.75, 3.05) is 13.1 Å². The number of rotatable bonds is 2. The predicted octanol–water partition coefficient (Wildman–Crippen LogP) is 2.13. The van der Waals surface area contributed by atoms with Crippen LogP contribution in [-0.4, -0.2) is 33.7 Å². The summed E-state index contributed by atoms with van der Waals surface area (Å²) in [6.45, 7) is 7.45. The van der Waals surface area contributed by atoms with Crippen LogP contribution in [0.5, 0.6) is 0 Å². The molecule has 0 spiro atoms. The smallest absolute Gasteiger partial charge is 0.115 e. The topological polar surface area (TPSA) is 43.7 Å². The van der Waals surface area contributed by atoms with E-state index in [9.17, 15) is 10.2 Å². The maximum Gasteiger partial charge on any atom is 0.115 e. The lowest BCUT2D eigenvalue weighted by molar-refractivity contribution is -0.138. The highest BCUT2D eigenvalue weighted by molar-refractivity contribution is 6.30. The van der Waals surface area contributed by atoms with E-state index in [0.29, 0.717) is 23.7 Å². The second-order valence-corrected chi connectivity index (χ2v) is 6.45. The Morgan fingerprint density at radius 2 is 1.94 bits per heavy atom. The van der Waals surface area contributed by atoms with Crippen LogP contribution >= 0.6 is 11.6 Å². The molecule has 3 nitrogen and oxygen atoms in total. The van der Waals surface area contributed by atoms with Gasteiger partial charge in [-0.25, -0.2) is 0 Å². The molecule has 4 heteroatoms. The number of hydrogen-bond donors (Lipinski definition) is 2. The van der Waals surface area contributed by atoms with Crippen LogP contribution in [0.1, 0.15) is 31.9 Å². The Bertz CT molecular complexity index is 448. The van der Waals surface area contributed by atoms with Crippen molar-refractivity contribution < 1.29 is 10.2 Å². The van der Waals surface area contributed by atoms with Crippen molar-refractivity contribution in [1.29, 1.82) is 0 Å². The number of likely N-dealkylation sites (tertiary alicyclic amines) is 1. The average molecular weight is 270 g/mol.